The maximum absolute atomic E-state index is 12.7. The predicted octanol–water partition coefficient (Wildman–Crippen LogP) is 3.57. The van der Waals surface area contributed by atoms with Crippen molar-refractivity contribution in [3.05, 3.63) is 0 Å². The number of alkyl halides is 3. The van der Waals surface area contributed by atoms with E-state index in [4.69, 9.17) is 0 Å². The summed E-state index contributed by atoms with van der Waals surface area (Å²) in [6.07, 6.45) is 4.65. The van der Waals surface area contributed by atoms with Crippen LogP contribution in [0.5, 0.6) is 0 Å². The molecule has 1 aliphatic heterocycles. The van der Waals surface area contributed by atoms with Crippen molar-refractivity contribution in [2.75, 3.05) is 26.2 Å². The zero-order chi connectivity index (χ0) is 14.4. The fraction of sp³-hybridized carbons (Fsp3) is 1.00. The summed E-state index contributed by atoms with van der Waals surface area (Å²) in [5.74, 6) is -1.12. The number of hydrogen-bond acceptors (Lipinski definition) is 2. The molecule has 5 heteroatoms. The average Bonchev–Trinajstić information content (AvgIpc) is 2.67. The molecular weight excluding hydrogens is 265 g/mol. The number of piperidine rings is 1. The van der Waals surface area contributed by atoms with Crippen molar-refractivity contribution >= 4 is 0 Å². The number of nitrogens with zero attached hydrogens (tertiary/aromatic N) is 1. The minimum atomic E-state index is -4.02. The Morgan fingerprint density at radius 2 is 1.65 bits per heavy atom. The Morgan fingerprint density at radius 1 is 0.950 bits per heavy atom. The summed E-state index contributed by atoms with van der Waals surface area (Å²) in [5, 5.41) is 3.54. The van der Waals surface area contributed by atoms with Crippen molar-refractivity contribution in [3.8, 4) is 0 Å². The minimum Gasteiger partial charge on any atom is -0.313 e. The molecule has 0 aromatic heterocycles. The maximum atomic E-state index is 12.7. The van der Waals surface area contributed by atoms with Crippen molar-refractivity contribution in [2.45, 2.75) is 63.6 Å². The van der Waals surface area contributed by atoms with Gasteiger partial charge in [-0.2, -0.15) is 13.2 Å². The Kier molecular flexibility index (Phi) is 6.15. The van der Waals surface area contributed by atoms with Gasteiger partial charge in [0.15, 0.2) is 0 Å². The van der Waals surface area contributed by atoms with Crippen molar-refractivity contribution in [3.63, 3.8) is 0 Å². The Hall–Kier alpha value is -0.290. The van der Waals surface area contributed by atoms with Gasteiger partial charge >= 0.3 is 6.18 Å². The zero-order valence-electron chi connectivity index (χ0n) is 12.2. The fourth-order valence-electron chi connectivity index (χ4n) is 3.44. The zero-order valence-corrected chi connectivity index (χ0v) is 12.2. The minimum absolute atomic E-state index is 0.190. The van der Waals surface area contributed by atoms with Crippen molar-refractivity contribution in [1.82, 2.24) is 10.2 Å². The van der Waals surface area contributed by atoms with Gasteiger partial charge in [-0.1, -0.05) is 25.7 Å². The molecule has 0 bridgehead atoms. The number of rotatable bonds is 4. The third-order valence-electron chi connectivity index (χ3n) is 4.68. The molecule has 2 aliphatic rings. The second-order valence-corrected chi connectivity index (χ2v) is 6.32. The van der Waals surface area contributed by atoms with Gasteiger partial charge in [-0.3, -0.25) is 0 Å². The molecule has 0 aromatic rings. The second kappa shape index (κ2) is 7.64. The van der Waals surface area contributed by atoms with E-state index < -0.39 is 12.1 Å². The predicted molar refractivity (Wildman–Crippen MR) is 74.7 cm³/mol. The summed E-state index contributed by atoms with van der Waals surface area (Å²) < 4.78 is 38.2. The highest BCUT2D eigenvalue weighted by atomic mass is 19.4. The van der Waals surface area contributed by atoms with Crippen molar-refractivity contribution in [1.29, 1.82) is 0 Å². The van der Waals surface area contributed by atoms with Crippen LogP contribution in [0.3, 0.4) is 0 Å². The van der Waals surface area contributed by atoms with Gasteiger partial charge in [-0.15, -0.1) is 0 Å². The van der Waals surface area contributed by atoms with Crippen molar-refractivity contribution < 1.29 is 13.2 Å². The first kappa shape index (κ1) is 16.1. The summed E-state index contributed by atoms with van der Waals surface area (Å²) in [6.45, 7) is 2.59. The van der Waals surface area contributed by atoms with E-state index >= 15 is 0 Å². The van der Waals surface area contributed by atoms with Gasteiger partial charge in [0, 0.05) is 25.7 Å². The van der Waals surface area contributed by atoms with E-state index in [1.54, 1.807) is 0 Å². The Balaban J connectivity index is 1.65. The van der Waals surface area contributed by atoms with Crippen LogP contribution in [0.4, 0.5) is 13.2 Å². The first-order valence-electron chi connectivity index (χ1n) is 8.08. The maximum Gasteiger partial charge on any atom is 0.393 e. The van der Waals surface area contributed by atoms with Gasteiger partial charge in [-0.05, 0) is 32.2 Å². The van der Waals surface area contributed by atoms with Crippen molar-refractivity contribution in [2.24, 2.45) is 5.92 Å². The van der Waals surface area contributed by atoms with E-state index in [1.165, 1.54) is 38.5 Å². The molecule has 20 heavy (non-hydrogen) atoms. The molecule has 0 amide bonds. The largest absolute Gasteiger partial charge is 0.393 e. The quantitative estimate of drug-likeness (QED) is 0.797. The molecule has 0 spiro atoms. The molecule has 118 valence electrons. The van der Waals surface area contributed by atoms with Crippen LogP contribution < -0.4 is 5.32 Å². The molecule has 2 fully saturated rings. The summed E-state index contributed by atoms with van der Waals surface area (Å²) >= 11 is 0. The van der Waals surface area contributed by atoms with Crippen LogP contribution in [0.15, 0.2) is 0 Å². The van der Waals surface area contributed by atoms with Gasteiger partial charge in [0.1, 0.15) is 0 Å². The van der Waals surface area contributed by atoms with Gasteiger partial charge in [0.2, 0.25) is 0 Å². The molecule has 0 radical (unpaired) electrons. The van der Waals surface area contributed by atoms with Crippen LogP contribution in [0.1, 0.15) is 51.4 Å². The monoisotopic (exact) mass is 292 g/mol. The Bertz CT molecular complexity index is 273. The lowest BCUT2D eigenvalue weighted by Crippen LogP contribution is -2.45. The highest BCUT2D eigenvalue weighted by Gasteiger charge is 2.41. The molecule has 1 unspecified atom stereocenters. The van der Waals surface area contributed by atoms with E-state index in [0.29, 0.717) is 18.9 Å². The molecule has 1 atom stereocenters. The number of hydrogen-bond donors (Lipinski definition) is 1. The number of nitrogens with one attached hydrogen (secondary N) is 1. The molecule has 1 saturated carbocycles. The lowest BCUT2D eigenvalue weighted by Gasteiger charge is -2.34. The molecular formula is C15H27F3N2. The molecule has 1 saturated heterocycles. The van der Waals surface area contributed by atoms with E-state index in [0.717, 1.165) is 19.6 Å². The molecule has 1 N–H and O–H groups in total. The normalized spacial score (nSPS) is 27.4. The lowest BCUT2D eigenvalue weighted by molar-refractivity contribution is -0.186. The third-order valence-corrected chi connectivity index (χ3v) is 4.68. The first-order valence-corrected chi connectivity index (χ1v) is 8.08. The summed E-state index contributed by atoms with van der Waals surface area (Å²) in [6, 6.07) is 0.584. The van der Waals surface area contributed by atoms with Gasteiger partial charge in [0.25, 0.3) is 0 Å². The van der Waals surface area contributed by atoms with Crippen LogP contribution in [0, 0.1) is 5.92 Å². The topological polar surface area (TPSA) is 15.3 Å². The van der Waals surface area contributed by atoms with E-state index in [9.17, 15) is 13.2 Å². The van der Waals surface area contributed by atoms with Crippen LogP contribution in [-0.2, 0) is 0 Å². The lowest BCUT2D eigenvalue weighted by atomic mass is 9.97. The summed E-state index contributed by atoms with van der Waals surface area (Å²) in [5.41, 5.74) is 0. The standard InChI is InChI=1S/C15H27F3N2/c16-15(17,18)13-6-5-10-20(12-13)11-9-19-14-7-3-1-2-4-8-14/h13-14,19H,1-12H2. The van der Waals surface area contributed by atoms with Crippen LogP contribution in [-0.4, -0.2) is 43.3 Å². The van der Waals surface area contributed by atoms with Gasteiger partial charge in [-0.25, -0.2) is 0 Å². The molecule has 2 rings (SSSR count). The smallest absolute Gasteiger partial charge is 0.313 e. The average molecular weight is 292 g/mol. The molecule has 1 aliphatic carbocycles. The highest BCUT2D eigenvalue weighted by molar-refractivity contribution is 4.79. The van der Waals surface area contributed by atoms with E-state index in [1.807, 2.05) is 4.90 Å². The summed E-state index contributed by atoms with van der Waals surface area (Å²) in [7, 11) is 0. The van der Waals surface area contributed by atoms with Crippen LogP contribution >= 0.6 is 0 Å². The van der Waals surface area contributed by atoms with Gasteiger partial charge in [0.05, 0.1) is 5.92 Å². The molecule has 2 nitrogen and oxygen atoms in total. The van der Waals surface area contributed by atoms with E-state index in [2.05, 4.69) is 5.32 Å². The summed E-state index contributed by atoms with van der Waals surface area (Å²) in [4.78, 5) is 1.98. The van der Waals surface area contributed by atoms with Crippen LogP contribution in [0.25, 0.3) is 0 Å². The second-order valence-electron chi connectivity index (χ2n) is 6.32. The Labute approximate surface area is 120 Å². The highest BCUT2D eigenvalue weighted by Crippen LogP contribution is 2.32. The molecule has 0 aromatic carbocycles. The third kappa shape index (κ3) is 5.24. The SMILES string of the molecule is FC(F)(F)C1CCCN(CCNC2CCCCCC2)C1. The molecule has 1 heterocycles. The van der Waals surface area contributed by atoms with E-state index in [-0.39, 0.29) is 6.54 Å². The number of likely N-dealkylation sites (tertiary alicyclic amines) is 1. The van der Waals surface area contributed by atoms with Crippen LogP contribution in [0.2, 0.25) is 0 Å². The van der Waals surface area contributed by atoms with Gasteiger partial charge < -0.3 is 10.2 Å². The first-order chi connectivity index (χ1) is 9.55. The Morgan fingerprint density at radius 3 is 2.30 bits per heavy atom. The number of halogens is 3. The fourth-order valence-corrected chi connectivity index (χ4v) is 3.44.